The van der Waals surface area contributed by atoms with Gasteiger partial charge in [0.25, 0.3) is 0 Å². The number of anilines is 1. The van der Waals surface area contributed by atoms with E-state index in [1.165, 1.54) is 5.56 Å². The van der Waals surface area contributed by atoms with E-state index in [4.69, 9.17) is 4.74 Å². The maximum atomic E-state index is 12.4. The monoisotopic (exact) mass is 356 g/mol. The number of hydrogen-bond acceptors (Lipinski definition) is 3. The summed E-state index contributed by atoms with van der Waals surface area (Å²) in [5.41, 5.74) is 4.00. The van der Waals surface area contributed by atoms with Gasteiger partial charge in [-0.25, -0.2) is 9.48 Å². The zero-order valence-corrected chi connectivity index (χ0v) is 15.6. The molecule has 1 aliphatic rings. The van der Waals surface area contributed by atoms with Crippen LogP contribution in [-0.4, -0.2) is 35.1 Å². The molecule has 0 radical (unpaired) electrons. The van der Waals surface area contributed by atoms with E-state index in [1.54, 1.807) is 6.20 Å². The zero-order chi connectivity index (χ0) is 18.4. The van der Waals surface area contributed by atoms with Crippen molar-refractivity contribution < 1.29 is 9.53 Å². The second-order valence-electron chi connectivity index (χ2n) is 6.84. The third-order valence-corrected chi connectivity index (χ3v) is 4.64. The Balaban J connectivity index is 1.74. The summed E-state index contributed by atoms with van der Waals surface area (Å²) in [4.78, 5) is 12.4. The second kappa shape index (κ2) is 8.85. The minimum absolute atomic E-state index is 0.166. The Bertz CT molecular complexity index is 733. The fourth-order valence-electron chi connectivity index (χ4n) is 3.33. The number of nitrogens with one attached hydrogen (secondary N) is 2. The first-order valence-electron chi connectivity index (χ1n) is 9.46. The minimum Gasteiger partial charge on any atom is -0.381 e. The van der Waals surface area contributed by atoms with Crippen LogP contribution in [0.15, 0.2) is 30.5 Å². The minimum atomic E-state index is -0.168. The predicted octanol–water partition coefficient (Wildman–Crippen LogP) is 3.82. The summed E-state index contributed by atoms with van der Waals surface area (Å²) < 4.78 is 7.37. The van der Waals surface area contributed by atoms with Crippen molar-refractivity contribution >= 4 is 11.7 Å². The Hall–Kier alpha value is -2.34. The van der Waals surface area contributed by atoms with Gasteiger partial charge in [-0.15, -0.1) is 0 Å². The molecule has 1 saturated heterocycles. The number of carbonyl (C=O) groups is 1. The summed E-state index contributed by atoms with van der Waals surface area (Å²) in [6, 6.07) is 8.22. The molecule has 2 heterocycles. The number of nitrogens with zero attached hydrogens (tertiary/aromatic N) is 2. The van der Waals surface area contributed by atoms with Crippen LogP contribution in [0.2, 0.25) is 0 Å². The quantitative estimate of drug-likeness (QED) is 0.856. The molecule has 2 amide bonds. The molecule has 6 heteroatoms. The van der Waals surface area contributed by atoms with Gasteiger partial charge in [-0.2, -0.15) is 5.10 Å². The van der Waals surface area contributed by atoms with Gasteiger partial charge in [-0.3, -0.25) is 0 Å². The highest BCUT2D eigenvalue weighted by Crippen LogP contribution is 2.22. The van der Waals surface area contributed by atoms with E-state index in [-0.39, 0.29) is 12.1 Å². The van der Waals surface area contributed by atoms with Crippen molar-refractivity contribution in [1.29, 1.82) is 0 Å². The largest absolute Gasteiger partial charge is 0.381 e. The van der Waals surface area contributed by atoms with Crippen molar-refractivity contribution in [1.82, 2.24) is 15.1 Å². The number of amides is 2. The summed E-state index contributed by atoms with van der Waals surface area (Å²) in [7, 11) is 0. The first-order chi connectivity index (χ1) is 12.7. The molecular formula is C20H28N4O2. The third kappa shape index (κ3) is 4.64. The van der Waals surface area contributed by atoms with E-state index in [0.29, 0.717) is 6.61 Å². The number of urea groups is 1. The fraction of sp³-hybridized carbons (Fsp3) is 0.500. The lowest BCUT2D eigenvalue weighted by Crippen LogP contribution is -2.38. The van der Waals surface area contributed by atoms with E-state index in [9.17, 15) is 4.79 Å². The molecule has 1 fully saturated rings. The molecule has 2 N–H and O–H groups in total. The normalized spacial score (nSPS) is 17.5. The third-order valence-electron chi connectivity index (χ3n) is 4.64. The van der Waals surface area contributed by atoms with Crippen molar-refractivity contribution in [2.24, 2.45) is 0 Å². The molecule has 1 aromatic heterocycles. The van der Waals surface area contributed by atoms with Gasteiger partial charge < -0.3 is 15.4 Å². The van der Waals surface area contributed by atoms with Crippen molar-refractivity contribution in [3.63, 3.8) is 0 Å². The Morgan fingerprint density at radius 3 is 3.04 bits per heavy atom. The maximum absolute atomic E-state index is 12.4. The van der Waals surface area contributed by atoms with Gasteiger partial charge in [0, 0.05) is 19.3 Å². The van der Waals surface area contributed by atoms with Crippen LogP contribution in [-0.2, 0) is 11.2 Å². The smallest absolute Gasteiger partial charge is 0.319 e. The van der Waals surface area contributed by atoms with Gasteiger partial charge >= 0.3 is 6.03 Å². The van der Waals surface area contributed by atoms with Crippen LogP contribution < -0.4 is 10.6 Å². The van der Waals surface area contributed by atoms with E-state index >= 15 is 0 Å². The van der Waals surface area contributed by atoms with Crippen LogP contribution in [0.3, 0.4) is 0 Å². The highest BCUT2D eigenvalue weighted by molar-refractivity contribution is 5.90. The van der Waals surface area contributed by atoms with Crippen molar-refractivity contribution in [3.05, 3.63) is 41.7 Å². The Kier molecular flexibility index (Phi) is 6.28. The van der Waals surface area contributed by atoms with Crippen LogP contribution in [0.4, 0.5) is 10.5 Å². The number of rotatable bonds is 5. The Morgan fingerprint density at radius 1 is 1.35 bits per heavy atom. The standard InChI is InChI=1S/C20H28N4O2/c1-3-6-19-18(14-21-24(19)17-9-4-7-15(2)13-17)23-20(25)22-16-8-5-11-26-12-10-16/h4,7,9,13-14,16H,3,5-6,8,10-12H2,1-2H3,(H2,22,23,25). The molecule has 1 atom stereocenters. The molecule has 6 nitrogen and oxygen atoms in total. The van der Waals surface area contributed by atoms with Gasteiger partial charge in [-0.05, 0) is 50.3 Å². The summed E-state index contributed by atoms with van der Waals surface area (Å²) in [6.07, 6.45) is 6.37. The fourth-order valence-corrected chi connectivity index (χ4v) is 3.33. The lowest BCUT2D eigenvalue weighted by Gasteiger charge is -2.16. The van der Waals surface area contributed by atoms with E-state index in [0.717, 1.165) is 55.8 Å². The summed E-state index contributed by atoms with van der Waals surface area (Å²) in [5.74, 6) is 0. The summed E-state index contributed by atoms with van der Waals surface area (Å²) in [6.45, 7) is 5.68. The molecule has 0 saturated carbocycles. The van der Waals surface area contributed by atoms with Crippen LogP contribution in [0.25, 0.3) is 5.69 Å². The molecule has 0 spiro atoms. The zero-order valence-electron chi connectivity index (χ0n) is 15.6. The van der Waals surface area contributed by atoms with Crippen molar-refractivity contribution in [3.8, 4) is 5.69 Å². The number of benzene rings is 1. The van der Waals surface area contributed by atoms with Gasteiger partial charge in [-0.1, -0.05) is 25.5 Å². The Morgan fingerprint density at radius 2 is 2.23 bits per heavy atom. The summed E-state index contributed by atoms with van der Waals surface area (Å²) in [5, 5.41) is 10.6. The van der Waals surface area contributed by atoms with E-state index in [1.807, 2.05) is 16.8 Å². The maximum Gasteiger partial charge on any atom is 0.319 e. The molecule has 0 aliphatic carbocycles. The Labute approximate surface area is 154 Å². The van der Waals surface area contributed by atoms with Gasteiger partial charge in [0.15, 0.2) is 0 Å². The number of aromatic nitrogens is 2. The highest BCUT2D eigenvalue weighted by atomic mass is 16.5. The molecule has 3 rings (SSSR count). The van der Waals surface area contributed by atoms with E-state index < -0.39 is 0 Å². The molecule has 2 aromatic rings. The highest BCUT2D eigenvalue weighted by Gasteiger charge is 2.18. The number of hydrogen-bond donors (Lipinski definition) is 2. The average molecular weight is 356 g/mol. The van der Waals surface area contributed by atoms with Crippen LogP contribution in [0.5, 0.6) is 0 Å². The van der Waals surface area contributed by atoms with Gasteiger partial charge in [0.2, 0.25) is 0 Å². The number of aryl methyl sites for hydroxylation is 1. The molecule has 0 bridgehead atoms. The van der Waals surface area contributed by atoms with Crippen molar-refractivity contribution in [2.75, 3.05) is 18.5 Å². The lowest BCUT2D eigenvalue weighted by molar-refractivity contribution is 0.143. The lowest BCUT2D eigenvalue weighted by atomic mass is 10.1. The molecule has 1 unspecified atom stereocenters. The number of carbonyl (C=O) groups excluding carboxylic acids is 1. The van der Waals surface area contributed by atoms with Crippen LogP contribution >= 0.6 is 0 Å². The molecule has 1 aromatic carbocycles. The second-order valence-corrected chi connectivity index (χ2v) is 6.84. The molecule has 1 aliphatic heterocycles. The van der Waals surface area contributed by atoms with Gasteiger partial charge in [0.05, 0.1) is 23.3 Å². The van der Waals surface area contributed by atoms with Crippen LogP contribution in [0.1, 0.15) is 43.9 Å². The predicted molar refractivity (Wildman–Crippen MR) is 103 cm³/mol. The number of ether oxygens (including phenoxy) is 1. The van der Waals surface area contributed by atoms with Crippen LogP contribution in [0, 0.1) is 6.92 Å². The van der Waals surface area contributed by atoms with Gasteiger partial charge in [0.1, 0.15) is 0 Å². The van der Waals surface area contributed by atoms with Crippen molar-refractivity contribution in [2.45, 2.75) is 52.0 Å². The SMILES string of the molecule is CCCc1c(NC(=O)NC2CCCOCC2)cnn1-c1cccc(C)c1. The van der Waals surface area contributed by atoms with E-state index in [2.05, 4.69) is 41.7 Å². The topological polar surface area (TPSA) is 68.2 Å². The average Bonchev–Trinajstić information content (AvgIpc) is 2.83. The molecule has 140 valence electrons. The summed E-state index contributed by atoms with van der Waals surface area (Å²) >= 11 is 0. The first-order valence-corrected chi connectivity index (χ1v) is 9.46. The first kappa shape index (κ1) is 18.5. The molecule has 26 heavy (non-hydrogen) atoms. The molecular weight excluding hydrogens is 328 g/mol.